The molecule has 2 heterocycles. The van der Waals surface area contributed by atoms with Gasteiger partial charge in [-0.2, -0.15) is 0 Å². The molecular formula is C13H14F2N2O. The second kappa shape index (κ2) is 5.25. The van der Waals surface area contributed by atoms with E-state index in [0.29, 0.717) is 5.52 Å². The van der Waals surface area contributed by atoms with E-state index in [9.17, 15) is 8.78 Å². The van der Waals surface area contributed by atoms with E-state index in [2.05, 4.69) is 9.97 Å². The zero-order chi connectivity index (χ0) is 13.1. The predicted molar refractivity (Wildman–Crippen MR) is 65.1 cm³/mol. The van der Waals surface area contributed by atoms with E-state index in [-0.39, 0.29) is 11.8 Å². The molecule has 0 N–H and O–H groups in total. The van der Waals surface area contributed by atoms with Gasteiger partial charge < -0.3 is 4.74 Å². The van der Waals surface area contributed by atoms with Gasteiger partial charge in [0.15, 0.2) is 6.61 Å². The fourth-order valence-electron chi connectivity index (χ4n) is 1.72. The molecule has 0 aliphatic rings. The third-order valence-electron chi connectivity index (χ3n) is 2.57. The van der Waals surface area contributed by atoms with E-state index < -0.39 is 13.0 Å². The number of pyridine rings is 2. The molecule has 18 heavy (non-hydrogen) atoms. The Morgan fingerprint density at radius 2 is 2.00 bits per heavy atom. The van der Waals surface area contributed by atoms with Crippen LogP contribution in [0.25, 0.3) is 11.0 Å². The van der Waals surface area contributed by atoms with E-state index in [1.54, 1.807) is 18.3 Å². The fraction of sp³-hybridized carbons (Fsp3) is 0.385. The van der Waals surface area contributed by atoms with Gasteiger partial charge in [0.1, 0.15) is 0 Å². The van der Waals surface area contributed by atoms with E-state index in [1.807, 2.05) is 19.9 Å². The standard InChI is InChI=1S/C13H14F2N2O/c1-8(2)9-5-6-16-10-3-4-12(17-13(9)10)18-7-11(14)15/h3-6,8,11H,7H2,1-2H3. The Hall–Kier alpha value is -1.78. The molecule has 0 fully saturated rings. The summed E-state index contributed by atoms with van der Waals surface area (Å²) in [5.74, 6) is 0.492. The molecule has 0 radical (unpaired) electrons. The molecule has 0 saturated carbocycles. The predicted octanol–water partition coefficient (Wildman–Crippen LogP) is 3.40. The lowest BCUT2D eigenvalue weighted by molar-refractivity contribution is 0.0797. The quantitative estimate of drug-likeness (QED) is 0.836. The molecule has 0 amide bonds. The number of fused-ring (bicyclic) bond motifs is 1. The maximum atomic E-state index is 12.1. The Morgan fingerprint density at radius 1 is 1.22 bits per heavy atom. The lowest BCUT2D eigenvalue weighted by Gasteiger charge is -2.10. The molecule has 0 aliphatic heterocycles. The number of nitrogens with zero attached hydrogens (tertiary/aromatic N) is 2. The third kappa shape index (κ3) is 2.72. The molecule has 96 valence electrons. The van der Waals surface area contributed by atoms with Gasteiger partial charge in [-0.05, 0) is 23.6 Å². The van der Waals surface area contributed by atoms with Gasteiger partial charge in [0.05, 0.1) is 11.0 Å². The Labute approximate surface area is 104 Å². The SMILES string of the molecule is CC(C)c1ccnc2ccc(OCC(F)F)nc12. The topological polar surface area (TPSA) is 35.0 Å². The zero-order valence-electron chi connectivity index (χ0n) is 10.2. The highest BCUT2D eigenvalue weighted by Crippen LogP contribution is 2.24. The molecule has 0 atom stereocenters. The van der Waals surface area contributed by atoms with Gasteiger partial charge in [-0.1, -0.05) is 13.8 Å². The van der Waals surface area contributed by atoms with Crippen molar-refractivity contribution in [3.05, 3.63) is 30.0 Å². The minimum atomic E-state index is -2.50. The van der Waals surface area contributed by atoms with Crippen molar-refractivity contribution in [2.45, 2.75) is 26.2 Å². The normalized spacial score (nSPS) is 11.4. The number of alkyl halides is 2. The number of halogens is 2. The van der Waals surface area contributed by atoms with E-state index >= 15 is 0 Å². The summed E-state index contributed by atoms with van der Waals surface area (Å²) in [4.78, 5) is 8.44. The summed E-state index contributed by atoms with van der Waals surface area (Å²) in [7, 11) is 0. The van der Waals surface area contributed by atoms with Crippen molar-refractivity contribution in [3.8, 4) is 5.88 Å². The van der Waals surface area contributed by atoms with Crippen molar-refractivity contribution >= 4 is 11.0 Å². The van der Waals surface area contributed by atoms with Crippen LogP contribution in [0.15, 0.2) is 24.4 Å². The number of ether oxygens (including phenoxy) is 1. The Kier molecular flexibility index (Phi) is 3.69. The van der Waals surface area contributed by atoms with Crippen LogP contribution in [0, 0.1) is 0 Å². The van der Waals surface area contributed by atoms with Crippen LogP contribution in [0.5, 0.6) is 5.88 Å². The molecule has 2 rings (SSSR count). The van der Waals surface area contributed by atoms with Gasteiger partial charge in [0.25, 0.3) is 6.43 Å². The van der Waals surface area contributed by atoms with Crippen LogP contribution in [0.1, 0.15) is 25.3 Å². The van der Waals surface area contributed by atoms with Gasteiger partial charge >= 0.3 is 0 Å². The number of rotatable bonds is 4. The summed E-state index contributed by atoms with van der Waals surface area (Å²) >= 11 is 0. The largest absolute Gasteiger partial charge is 0.472 e. The summed E-state index contributed by atoms with van der Waals surface area (Å²) in [5, 5.41) is 0. The number of aromatic nitrogens is 2. The molecule has 0 bridgehead atoms. The van der Waals surface area contributed by atoms with E-state index in [0.717, 1.165) is 11.1 Å². The average Bonchev–Trinajstić information content (AvgIpc) is 2.35. The first kappa shape index (κ1) is 12.7. The van der Waals surface area contributed by atoms with Crippen molar-refractivity contribution in [1.82, 2.24) is 9.97 Å². The maximum Gasteiger partial charge on any atom is 0.272 e. The van der Waals surface area contributed by atoms with Gasteiger partial charge in [-0.25, -0.2) is 13.8 Å². The summed E-state index contributed by atoms with van der Waals surface area (Å²) in [6.07, 6.45) is -0.778. The van der Waals surface area contributed by atoms with E-state index in [1.165, 1.54) is 0 Å². The first-order valence-corrected chi connectivity index (χ1v) is 5.74. The Bertz CT molecular complexity index is 544. The molecular weight excluding hydrogens is 238 g/mol. The summed E-state index contributed by atoms with van der Waals surface area (Å²) in [6.45, 7) is 3.45. The molecule has 2 aromatic rings. The molecule has 2 aromatic heterocycles. The molecule has 0 aromatic carbocycles. The van der Waals surface area contributed by atoms with Crippen LogP contribution in [0.4, 0.5) is 8.78 Å². The van der Waals surface area contributed by atoms with Crippen LogP contribution < -0.4 is 4.74 Å². The molecule has 0 spiro atoms. The summed E-state index contributed by atoms with van der Waals surface area (Å²) in [6, 6.07) is 5.17. The lowest BCUT2D eigenvalue weighted by atomic mass is 10.0. The molecule has 0 saturated heterocycles. The highest BCUT2D eigenvalue weighted by molar-refractivity contribution is 5.78. The van der Waals surface area contributed by atoms with Crippen molar-refractivity contribution < 1.29 is 13.5 Å². The van der Waals surface area contributed by atoms with Crippen molar-refractivity contribution in [2.75, 3.05) is 6.61 Å². The van der Waals surface area contributed by atoms with Gasteiger partial charge in [0, 0.05) is 12.3 Å². The minimum Gasteiger partial charge on any atom is -0.472 e. The highest BCUT2D eigenvalue weighted by atomic mass is 19.3. The molecule has 0 aliphatic carbocycles. The summed E-state index contributed by atoms with van der Waals surface area (Å²) < 4.78 is 29.1. The van der Waals surface area contributed by atoms with Crippen LogP contribution in [-0.4, -0.2) is 23.0 Å². The molecule has 5 heteroatoms. The highest BCUT2D eigenvalue weighted by Gasteiger charge is 2.10. The lowest BCUT2D eigenvalue weighted by Crippen LogP contribution is -2.08. The van der Waals surface area contributed by atoms with Gasteiger partial charge in [0.2, 0.25) is 5.88 Å². The van der Waals surface area contributed by atoms with Crippen molar-refractivity contribution in [3.63, 3.8) is 0 Å². The number of hydrogen-bond acceptors (Lipinski definition) is 3. The summed E-state index contributed by atoms with van der Waals surface area (Å²) in [5.41, 5.74) is 2.48. The van der Waals surface area contributed by atoms with E-state index in [4.69, 9.17) is 4.74 Å². The van der Waals surface area contributed by atoms with Crippen LogP contribution >= 0.6 is 0 Å². The molecule has 3 nitrogen and oxygen atoms in total. The van der Waals surface area contributed by atoms with Crippen molar-refractivity contribution in [1.29, 1.82) is 0 Å². The first-order valence-electron chi connectivity index (χ1n) is 5.74. The zero-order valence-corrected chi connectivity index (χ0v) is 10.2. The monoisotopic (exact) mass is 252 g/mol. The average molecular weight is 252 g/mol. The van der Waals surface area contributed by atoms with Crippen LogP contribution in [0.3, 0.4) is 0 Å². The number of hydrogen-bond donors (Lipinski definition) is 0. The maximum absolute atomic E-state index is 12.1. The third-order valence-corrected chi connectivity index (χ3v) is 2.57. The van der Waals surface area contributed by atoms with Crippen molar-refractivity contribution in [2.24, 2.45) is 0 Å². The Morgan fingerprint density at radius 3 is 2.67 bits per heavy atom. The van der Waals surface area contributed by atoms with Crippen LogP contribution in [-0.2, 0) is 0 Å². The van der Waals surface area contributed by atoms with Gasteiger partial charge in [-0.15, -0.1) is 0 Å². The van der Waals surface area contributed by atoms with Crippen LogP contribution in [0.2, 0.25) is 0 Å². The fourth-order valence-corrected chi connectivity index (χ4v) is 1.72. The second-order valence-corrected chi connectivity index (χ2v) is 4.27. The smallest absolute Gasteiger partial charge is 0.272 e. The first-order chi connectivity index (χ1) is 8.58. The Balaban J connectivity index is 2.39. The minimum absolute atomic E-state index is 0.206. The second-order valence-electron chi connectivity index (χ2n) is 4.27. The molecule has 0 unspecified atom stereocenters. The van der Waals surface area contributed by atoms with Gasteiger partial charge in [-0.3, -0.25) is 4.98 Å².